The highest BCUT2D eigenvalue weighted by atomic mass is 32.2. The smallest absolute Gasteiger partial charge is 0.233 e. The van der Waals surface area contributed by atoms with Crippen molar-refractivity contribution < 1.29 is 14.3 Å². The molecule has 0 fully saturated rings. The minimum atomic E-state index is 0.0262. The number of carbonyl (C=O) groups excluding carboxylic acids is 1. The molecule has 7 nitrogen and oxygen atoms in total. The highest BCUT2D eigenvalue weighted by Crippen LogP contribution is 2.28. The largest absolute Gasteiger partial charge is 0.493 e. The first kappa shape index (κ1) is 20.7. The molecule has 1 amide bonds. The average Bonchev–Trinajstić information content (AvgIpc) is 3.25. The number of amides is 1. The number of benzene rings is 2. The van der Waals surface area contributed by atoms with E-state index in [2.05, 4.69) is 15.2 Å². The van der Waals surface area contributed by atoms with Gasteiger partial charge in [-0.15, -0.1) is 5.10 Å². The first-order chi connectivity index (χ1) is 14.1. The van der Waals surface area contributed by atoms with Crippen LogP contribution in [0.25, 0.3) is 11.4 Å². The van der Waals surface area contributed by atoms with E-state index in [1.807, 2.05) is 55.5 Å². The molecule has 0 bridgehead atoms. The topological polar surface area (TPSA) is 80.3 Å². The predicted molar refractivity (Wildman–Crippen MR) is 113 cm³/mol. The number of rotatable bonds is 9. The number of thioether (sulfide) groups is 1. The summed E-state index contributed by atoms with van der Waals surface area (Å²) >= 11 is 1.32. The lowest BCUT2D eigenvalue weighted by Gasteiger charge is -2.21. The molecule has 3 aromatic rings. The van der Waals surface area contributed by atoms with Gasteiger partial charge in [-0.1, -0.05) is 48.2 Å². The molecular weight excluding hydrogens is 388 g/mol. The maximum atomic E-state index is 12.7. The van der Waals surface area contributed by atoms with Crippen LogP contribution >= 0.6 is 11.8 Å². The molecule has 3 rings (SSSR count). The molecule has 29 heavy (non-hydrogen) atoms. The Labute approximate surface area is 174 Å². The summed E-state index contributed by atoms with van der Waals surface area (Å²) in [5.41, 5.74) is 1.94. The first-order valence-electron chi connectivity index (χ1n) is 9.24. The second-order valence-corrected chi connectivity index (χ2v) is 7.16. The summed E-state index contributed by atoms with van der Waals surface area (Å²) in [7, 11) is 3.20. The molecule has 0 aliphatic carbocycles. The monoisotopic (exact) mass is 412 g/mol. The van der Waals surface area contributed by atoms with Crippen LogP contribution in [0.4, 0.5) is 0 Å². The van der Waals surface area contributed by atoms with Gasteiger partial charge in [0.25, 0.3) is 0 Å². The van der Waals surface area contributed by atoms with Crippen molar-refractivity contribution >= 4 is 17.7 Å². The van der Waals surface area contributed by atoms with Crippen LogP contribution < -0.4 is 9.47 Å². The second kappa shape index (κ2) is 9.97. The van der Waals surface area contributed by atoms with Gasteiger partial charge < -0.3 is 14.4 Å². The van der Waals surface area contributed by atoms with E-state index in [4.69, 9.17) is 9.47 Å². The van der Waals surface area contributed by atoms with Crippen molar-refractivity contribution in [1.29, 1.82) is 0 Å². The van der Waals surface area contributed by atoms with Gasteiger partial charge in [0.2, 0.25) is 11.1 Å². The SMILES string of the molecule is CCN(Cc1ccc(OC)c(OC)c1)C(=O)CSc1n[nH]c(-c2ccccc2)n1. The summed E-state index contributed by atoms with van der Waals surface area (Å²) in [4.78, 5) is 18.9. The van der Waals surface area contributed by atoms with Gasteiger partial charge in [-0.25, -0.2) is 4.98 Å². The average molecular weight is 413 g/mol. The molecule has 2 aromatic carbocycles. The third kappa shape index (κ3) is 5.29. The molecule has 152 valence electrons. The molecule has 0 saturated carbocycles. The molecule has 1 aromatic heterocycles. The molecule has 0 aliphatic rings. The summed E-state index contributed by atoms with van der Waals surface area (Å²) in [6.07, 6.45) is 0. The number of methoxy groups -OCH3 is 2. The highest BCUT2D eigenvalue weighted by molar-refractivity contribution is 7.99. The van der Waals surface area contributed by atoms with E-state index in [0.717, 1.165) is 11.1 Å². The van der Waals surface area contributed by atoms with Crippen molar-refractivity contribution in [3.8, 4) is 22.9 Å². The number of aromatic nitrogens is 3. The zero-order valence-electron chi connectivity index (χ0n) is 16.7. The molecule has 0 aliphatic heterocycles. The third-order valence-electron chi connectivity index (χ3n) is 4.39. The summed E-state index contributed by atoms with van der Waals surface area (Å²) < 4.78 is 10.6. The fourth-order valence-electron chi connectivity index (χ4n) is 2.83. The Morgan fingerprint density at radius 3 is 2.55 bits per heavy atom. The molecular formula is C21H24N4O3S. The molecule has 1 heterocycles. The van der Waals surface area contributed by atoms with Gasteiger partial charge in [0.05, 0.1) is 20.0 Å². The van der Waals surface area contributed by atoms with E-state index in [1.165, 1.54) is 11.8 Å². The maximum Gasteiger partial charge on any atom is 0.233 e. The minimum absolute atomic E-state index is 0.0262. The Morgan fingerprint density at radius 2 is 1.86 bits per heavy atom. The van der Waals surface area contributed by atoms with Crippen LogP contribution in [0.15, 0.2) is 53.7 Å². The molecule has 8 heteroatoms. The molecule has 0 spiro atoms. The van der Waals surface area contributed by atoms with Crippen molar-refractivity contribution in [2.24, 2.45) is 0 Å². The van der Waals surface area contributed by atoms with Crippen LogP contribution in [-0.2, 0) is 11.3 Å². The fourth-order valence-corrected chi connectivity index (χ4v) is 3.53. The fraction of sp³-hybridized carbons (Fsp3) is 0.286. The number of nitrogens with zero attached hydrogens (tertiary/aromatic N) is 3. The standard InChI is InChI=1S/C21H24N4O3S/c1-4-25(13-15-10-11-17(27-2)18(12-15)28-3)19(26)14-29-21-22-20(23-24-21)16-8-6-5-7-9-16/h5-12H,4,13-14H2,1-3H3,(H,22,23,24). The lowest BCUT2D eigenvalue weighted by Crippen LogP contribution is -2.31. The Hall–Kier alpha value is -3.00. The number of H-pyrrole nitrogens is 1. The maximum absolute atomic E-state index is 12.7. The summed E-state index contributed by atoms with van der Waals surface area (Å²) in [6, 6.07) is 15.4. The number of nitrogens with one attached hydrogen (secondary N) is 1. The Balaban J connectivity index is 1.60. The Morgan fingerprint density at radius 1 is 1.10 bits per heavy atom. The quantitative estimate of drug-likeness (QED) is 0.541. The van der Waals surface area contributed by atoms with Crippen LogP contribution in [0.1, 0.15) is 12.5 Å². The van der Waals surface area contributed by atoms with Gasteiger partial charge in [-0.2, -0.15) is 0 Å². The zero-order valence-corrected chi connectivity index (χ0v) is 17.5. The third-order valence-corrected chi connectivity index (χ3v) is 5.22. The van der Waals surface area contributed by atoms with Gasteiger partial charge >= 0.3 is 0 Å². The van der Waals surface area contributed by atoms with Gasteiger partial charge in [-0.05, 0) is 24.6 Å². The molecule has 0 saturated heterocycles. The van der Waals surface area contributed by atoms with Crippen molar-refractivity contribution in [3.63, 3.8) is 0 Å². The number of hydrogen-bond acceptors (Lipinski definition) is 6. The molecule has 0 atom stereocenters. The van der Waals surface area contributed by atoms with E-state index >= 15 is 0 Å². The van der Waals surface area contributed by atoms with Crippen LogP contribution in [-0.4, -0.2) is 52.5 Å². The van der Waals surface area contributed by atoms with E-state index in [0.29, 0.717) is 35.6 Å². The summed E-state index contributed by atoms with van der Waals surface area (Å²) in [5, 5.41) is 7.68. The Bertz CT molecular complexity index is 946. The minimum Gasteiger partial charge on any atom is -0.493 e. The van der Waals surface area contributed by atoms with Crippen molar-refractivity contribution in [2.75, 3.05) is 26.5 Å². The Kier molecular flexibility index (Phi) is 7.13. The molecule has 1 N–H and O–H groups in total. The van der Waals surface area contributed by atoms with Gasteiger partial charge in [0.15, 0.2) is 17.3 Å². The highest BCUT2D eigenvalue weighted by Gasteiger charge is 2.16. The van der Waals surface area contributed by atoms with Crippen LogP contribution in [0.3, 0.4) is 0 Å². The first-order valence-corrected chi connectivity index (χ1v) is 10.2. The van der Waals surface area contributed by atoms with Crippen molar-refractivity contribution in [1.82, 2.24) is 20.1 Å². The second-order valence-electron chi connectivity index (χ2n) is 6.22. The van der Waals surface area contributed by atoms with E-state index in [9.17, 15) is 4.79 Å². The van der Waals surface area contributed by atoms with Gasteiger partial charge in [0.1, 0.15) is 0 Å². The number of carbonyl (C=O) groups is 1. The normalized spacial score (nSPS) is 10.6. The molecule has 0 radical (unpaired) electrons. The van der Waals surface area contributed by atoms with Crippen LogP contribution in [0.5, 0.6) is 11.5 Å². The number of aromatic amines is 1. The lowest BCUT2D eigenvalue weighted by molar-refractivity contribution is -0.128. The zero-order chi connectivity index (χ0) is 20.6. The number of hydrogen-bond donors (Lipinski definition) is 1. The predicted octanol–water partition coefficient (Wildman–Crippen LogP) is 3.63. The van der Waals surface area contributed by atoms with Crippen molar-refractivity contribution in [3.05, 3.63) is 54.1 Å². The van der Waals surface area contributed by atoms with Crippen molar-refractivity contribution in [2.45, 2.75) is 18.6 Å². The van der Waals surface area contributed by atoms with E-state index in [1.54, 1.807) is 19.1 Å². The van der Waals surface area contributed by atoms with E-state index in [-0.39, 0.29) is 11.7 Å². The van der Waals surface area contributed by atoms with Gasteiger partial charge in [-0.3, -0.25) is 9.89 Å². The molecule has 0 unspecified atom stereocenters. The number of ether oxygens (including phenoxy) is 2. The lowest BCUT2D eigenvalue weighted by atomic mass is 10.2. The summed E-state index contributed by atoms with van der Waals surface area (Å²) in [6.45, 7) is 3.07. The van der Waals surface area contributed by atoms with Gasteiger partial charge in [0, 0.05) is 18.7 Å². The van der Waals surface area contributed by atoms with Crippen LogP contribution in [0, 0.1) is 0 Å². The summed E-state index contributed by atoms with van der Waals surface area (Å²) in [5.74, 6) is 2.31. The van der Waals surface area contributed by atoms with E-state index < -0.39 is 0 Å². The van der Waals surface area contributed by atoms with Crippen LogP contribution in [0.2, 0.25) is 0 Å².